The molecule has 2 heterocycles. The number of carbonyl (C=O) groups excluding carboxylic acids is 2. The SMILES string of the molecule is COc1cccc(-c2cncc(NC(=O)C3=CCNC(NC(=O)C4CC4)=C3)c2)c1F. The normalized spacial score (nSPS) is 15.4. The van der Waals surface area contributed by atoms with Gasteiger partial charge in [-0.15, -0.1) is 0 Å². The average molecular weight is 408 g/mol. The van der Waals surface area contributed by atoms with Crippen LogP contribution in [0.5, 0.6) is 5.75 Å². The van der Waals surface area contributed by atoms with Crippen LogP contribution in [0.2, 0.25) is 0 Å². The molecule has 0 unspecified atom stereocenters. The quantitative estimate of drug-likeness (QED) is 0.684. The Balaban J connectivity index is 1.49. The highest BCUT2D eigenvalue weighted by Gasteiger charge is 2.30. The Morgan fingerprint density at radius 2 is 2.07 bits per heavy atom. The minimum Gasteiger partial charge on any atom is -0.494 e. The van der Waals surface area contributed by atoms with Crippen LogP contribution in [0.4, 0.5) is 10.1 Å². The van der Waals surface area contributed by atoms with Gasteiger partial charge in [0.15, 0.2) is 11.6 Å². The van der Waals surface area contributed by atoms with Crippen LogP contribution in [0.25, 0.3) is 11.1 Å². The molecule has 1 aliphatic heterocycles. The number of nitrogens with zero attached hydrogens (tertiary/aromatic N) is 1. The van der Waals surface area contributed by atoms with E-state index in [0.29, 0.717) is 34.8 Å². The second kappa shape index (κ2) is 8.36. The van der Waals surface area contributed by atoms with E-state index >= 15 is 0 Å². The van der Waals surface area contributed by atoms with Gasteiger partial charge in [-0.3, -0.25) is 14.6 Å². The summed E-state index contributed by atoms with van der Waals surface area (Å²) in [5, 5.41) is 8.61. The molecule has 30 heavy (non-hydrogen) atoms. The Morgan fingerprint density at radius 3 is 2.83 bits per heavy atom. The van der Waals surface area contributed by atoms with Crippen LogP contribution in [-0.4, -0.2) is 30.5 Å². The Labute approximate surface area is 173 Å². The number of aromatic nitrogens is 1. The van der Waals surface area contributed by atoms with Gasteiger partial charge < -0.3 is 20.7 Å². The number of ether oxygens (including phenoxy) is 1. The highest BCUT2D eigenvalue weighted by molar-refractivity contribution is 6.06. The van der Waals surface area contributed by atoms with Gasteiger partial charge in [0.2, 0.25) is 5.91 Å². The predicted molar refractivity (Wildman–Crippen MR) is 110 cm³/mol. The van der Waals surface area contributed by atoms with Gasteiger partial charge in [-0.2, -0.15) is 0 Å². The third kappa shape index (κ3) is 4.32. The van der Waals surface area contributed by atoms with E-state index in [9.17, 15) is 14.0 Å². The molecule has 4 rings (SSSR count). The van der Waals surface area contributed by atoms with Crippen LogP contribution in [0.15, 0.2) is 60.2 Å². The van der Waals surface area contributed by atoms with E-state index in [0.717, 1.165) is 12.8 Å². The largest absolute Gasteiger partial charge is 0.494 e. The van der Waals surface area contributed by atoms with Crippen molar-refractivity contribution in [1.82, 2.24) is 15.6 Å². The first-order valence-electron chi connectivity index (χ1n) is 9.61. The molecular formula is C22H21FN4O3. The van der Waals surface area contributed by atoms with Crippen LogP contribution in [-0.2, 0) is 9.59 Å². The molecule has 7 nitrogen and oxygen atoms in total. The van der Waals surface area contributed by atoms with Crippen molar-refractivity contribution in [2.24, 2.45) is 5.92 Å². The van der Waals surface area contributed by atoms with Gasteiger partial charge >= 0.3 is 0 Å². The average Bonchev–Trinajstić information content (AvgIpc) is 3.60. The molecule has 0 bridgehead atoms. The number of methoxy groups -OCH3 is 1. The number of amides is 2. The molecule has 2 amide bonds. The first-order chi connectivity index (χ1) is 14.5. The lowest BCUT2D eigenvalue weighted by Crippen LogP contribution is -2.35. The van der Waals surface area contributed by atoms with Gasteiger partial charge in [0.05, 0.1) is 19.0 Å². The van der Waals surface area contributed by atoms with Gasteiger partial charge in [0, 0.05) is 35.4 Å². The summed E-state index contributed by atoms with van der Waals surface area (Å²) in [4.78, 5) is 28.7. The van der Waals surface area contributed by atoms with Crippen molar-refractivity contribution in [3.8, 4) is 16.9 Å². The molecule has 8 heteroatoms. The molecule has 1 aromatic carbocycles. The number of anilines is 1. The fourth-order valence-corrected chi connectivity index (χ4v) is 3.11. The fourth-order valence-electron chi connectivity index (χ4n) is 3.11. The minimum atomic E-state index is -0.495. The Kier molecular flexibility index (Phi) is 5.47. The molecule has 2 aromatic rings. The summed E-state index contributed by atoms with van der Waals surface area (Å²) in [7, 11) is 1.40. The predicted octanol–water partition coefficient (Wildman–Crippen LogP) is 2.73. The standard InChI is InChI=1S/C22H21FN4O3/c1-30-18-4-2-3-17(20(18)23)15-9-16(12-24-11-15)26-22(29)14-7-8-25-19(10-14)27-21(28)13-5-6-13/h2-4,7,9-13,25H,5-6,8H2,1H3,(H,26,29)(H,27,28). The maximum atomic E-state index is 14.6. The molecule has 1 aliphatic carbocycles. The molecule has 0 saturated heterocycles. The summed E-state index contributed by atoms with van der Waals surface area (Å²) in [6.45, 7) is 0.423. The molecule has 1 aromatic heterocycles. The van der Waals surface area contributed by atoms with E-state index in [-0.39, 0.29) is 23.5 Å². The third-order valence-electron chi connectivity index (χ3n) is 4.87. The third-order valence-corrected chi connectivity index (χ3v) is 4.87. The zero-order valence-electron chi connectivity index (χ0n) is 16.4. The summed E-state index contributed by atoms with van der Waals surface area (Å²) in [5.74, 6) is -0.169. The van der Waals surface area contributed by atoms with Gasteiger partial charge in [0.25, 0.3) is 5.91 Å². The van der Waals surface area contributed by atoms with Crippen molar-refractivity contribution in [2.45, 2.75) is 12.8 Å². The van der Waals surface area contributed by atoms with E-state index in [1.807, 2.05) is 0 Å². The minimum absolute atomic E-state index is 0.0346. The zero-order chi connectivity index (χ0) is 21.1. The molecule has 3 N–H and O–H groups in total. The van der Waals surface area contributed by atoms with E-state index in [2.05, 4.69) is 20.9 Å². The number of rotatable bonds is 6. The number of hydrogen-bond donors (Lipinski definition) is 3. The molecular weight excluding hydrogens is 387 g/mol. The van der Waals surface area contributed by atoms with Crippen LogP contribution in [0.3, 0.4) is 0 Å². The Bertz CT molecular complexity index is 1060. The van der Waals surface area contributed by atoms with E-state index in [1.165, 1.54) is 25.6 Å². The first-order valence-corrected chi connectivity index (χ1v) is 9.61. The first kappa shape index (κ1) is 19.6. The molecule has 2 aliphatic rings. The summed E-state index contributed by atoms with van der Waals surface area (Å²) in [5.41, 5.74) is 1.68. The molecule has 0 radical (unpaired) electrons. The summed E-state index contributed by atoms with van der Waals surface area (Å²) >= 11 is 0. The fraction of sp³-hybridized carbons (Fsp3) is 0.227. The van der Waals surface area contributed by atoms with Gasteiger partial charge in [-0.1, -0.05) is 18.2 Å². The molecule has 0 atom stereocenters. The highest BCUT2D eigenvalue weighted by Crippen LogP contribution is 2.30. The smallest absolute Gasteiger partial charge is 0.255 e. The van der Waals surface area contributed by atoms with Gasteiger partial charge in [-0.25, -0.2) is 4.39 Å². The van der Waals surface area contributed by atoms with Crippen LogP contribution in [0, 0.1) is 11.7 Å². The monoisotopic (exact) mass is 408 g/mol. The highest BCUT2D eigenvalue weighted by atomic mass is 19.1. The summed E-state index contributed by atoms with van der Waals surface area (Å²) in [6, 6.07) is 6.48. The number of pyridine rings is 1. The zero-order valence-corrected chi connectivity index (χ0v) is 16.4. The van der Waals surface area contributed by atoms with Crippen molar-refractivity contribution in [3.63, 3.8) is 0 Å². The molecule has 1 saturated carbocycles. The summed E-state index contributed by atoms with van der Waals surface area (Å²) in [6.07, 6.45) is 8.13. The van der Waals surface area contributed by atoms with Crippen LogP contribution < -0.4 is 20.7 Å². The van der Waals surface area contributed by atoms with Gasteiger partial charge in [0.1, 0.15) is 5.82 Å². The number of benzene rings is 1. The second-order valence-electron chi connectivity index (χ2n) is 7.10. The lowest BCUT2D eigenvalue weighted by atomic mass is 10.1. The van der Waals surface area contributed by atoms with E-state index < -0.39 is 5.82 Å². The van der Waals surface area contributed by atoms with E-state index in [4.69, 9.17) is 4.74 Å². The van der Waals surface area contributed by atoms with Crippen molar-refractivity contribution in [3.05, 3.63) is 66.0 Å². The van der Waals surface area contributed by atoms with Crippen molar-refractivity contribution in [1.29, 1.82) is 0 Å². The molecule has 1 fully saturated rings. The van der Waals surface area contributed by atoms with Crippen molar-refractivity contribution >= 4 is 17.5 Å². The topological polar surface area (TPSA) is 92.3 Å². The van der Waals surface area contributed by atoms with Crippen molar-refractivity contribution < 1.29 is 18.7 Å². The van der Waals surface area contributed by atoms with Crippen molar-refractivity contribution in [2.75, 3.05) is 19.0 Å². The number of carbonyl (C=O) groups is 2. The molecule has 154 valence electrons. The maximum Gasteiger partial charge on any atom is 0.255 e. The number of nitrogens with one attached hydrogen (secondary N) is 3. The second-order valence-corrected chi connectivity index (χ2v) is 7.10. The molecule has 0 spiro atoms. The lowest BCUT2D eigenvalue weighted by molar-refractivity contribution is -0.121. The summed E-state index contributed by atoms with van der Waals surface area (Å²) < 4.78 is 19.6. The Morgan fingerprint density at radius 1 is 1.23 bits per heavy atom. The van der Waals surface area contributed by atoms with Crippen LogP contribution >= 0.6 is 0 Å². The lowest BCUT2D eigenvalue weighted by Gasteiger charge is -2.17. The Hall–Kier alpha value is -3.68. The number of hydrogen-bond acceptors (Lipinski definition) is 5. The van der Waals surface area contributed by atoms with Gasteiger partial charge in [-0.05, 0) is 31.1 Å². The van der Waals surface area contributed by atoms with Crippen LogP contribution in [0.1, 0.15) is 12.8 Å². The number of halogens is 1. The number of dihydropyridines is 1. The van der Waals surface area contributed by atoms with E-state index in [1.54, 1.807) is 30.4 Å². The maximum absolute atomic E-state index is 14.6.